The first-order valence-corrected chi connectivity index (χ1v) is 6.70. The predicted octanol–water partition coefficient (Wildman–Crippen LogP) is 3.01. The van der Waals surface area contributed by atoms with E-state index in [9.17, 15) is 5.11 Å². The van der Waals surface area contributed by atoms with Crippen molar-refractivity contribution in [3.05, 3.63) is 42.1 Å². The molecular formula is C16H19NO2. The molecule has 1 aliphatic rings. The second-order valence-electron chi connectivity index (χ2n) is 5.98. The normalized spacial score (nSPS) is 26.5. The van der Waals surface area contributed by atoms with Crippen LogP contribution >= 0.6 is 0 Å². The zero-order valence-electron chi connectivity index (χ0n) is 11.4. The fourth-order valence-corrected chi connectivity index (χ4v) is 2.94. The Bertz CT molecular complexity index is 608. The maximum Gasteiger partial charge on any atom is 0.0946 e. The summed E-state index contributed by atoms with van der Waals surface area (Å²) >= 11 is 0. The SMILES string of the molecule is CC1(C)CC(O)(c2ccc3cccnc3c2)CCO1. The van der Waals surface area contributed by atoms with Crippen molar-refractivity contribution in [3.8, 4) is 0 Å². The van der Waals surface area contributed by atoms with Crippen LogP contribution in [0.15, 0.2) is 36.5 Å². The number of ether oxygens (including phenoxy) is 1. The summed E-state index contributed by atoms with van der Waals surface area (Å²) in [4.78, 5) is 4.36. The highest BCUT2D eigenvalue weighted by Gasteiger charge is 2.40. The molecule has 3 nitrogen and oxygen atoms in total. The van der Waals surface area contributed by atoms with Gasteiger partial charge >= 0.3 is 0 Å². The lowest BCUT2D eigenvalue weighted by Gasteiger charge is -2.41. The first kappa shape index (κ1) is 12.6. The highest BCUT2D eigenvalue weighted by molar-refractivity contribution is 5.79. The van der Waals surface area contributed by atoms with Gasteiger partial charge in [-0.2, -0.15) is 0 Å². The van der Waals surface area contributed by atoms with Crippen molar-refractivity contribution < 1.29 is 9.84 Å². The van der Waals surface area contributed by atoms with Crippen molar-refractivity contribution in [1.82, 2.24) is 4.98 Å². The lowest BCUT2D eigenvalue weighted by Crippen LogP contribution is -2.43. The van der Waals surface area contributed by atoms with Crippen LogP contribution in [-0.4, -0.2) is 22.3 Å². The van der Waals surface area contributed by atoms with Gasteiger partial charge in [0.2, 0.25) is 0 Å². The Morgan fingerprint density at radius 3 is 2.89 bits per heavy atom. The van der Waals surface area contributed by atoms with E-state index in [1.165, 1.54) is 0 Å². The number of aromatic nitrogens is 1. The standard InChI is InChI=1S/C16H19NO2/c1-15(2)11-16(18,7-9-19-15)13-6-5-12-4-3-8-17-14(12)10-13/h3-6,8,10,18H,7,9,11H2,1-2H3. The van der Waals surface area contributed by atoms with E-state index in [-0.39, 0.29) is 5.60 Å². The maximum atomic E-state index is 10.9. The van der Waals surface area contributed by atoms with Gasteiger partial charge in [-0.05, 0) is 31.5 Å². The Hall–Kier alpha value is -1.45. The van der Waals surface area contributed by atoms with Crippen LogP contribution < -0.4 is 0 Å². The summed E-state index contributed by atoms with van der Waals surface area (Å²) in [5, 5.41) is 12.0. The third kappa shape index (κ3) is 2.36. The molecule has 0 spiro atoms. The molecule has 1 fully saturated rings. The van der Waals surface area contributed by atoms with E-state index in [2.05, 4.69) is 4.98 Å². The minimum atomic E-state index is -0.812. The largest absolute Gasteiger partial charge is 0.385 e. The van der Waals surface area contributed by atoms with Crippen molar-refractivity contribution in [3.63, 3.8) is 0 Å². The Balaban J connectivity index is 2.03. The van der Waals surface area contributed by atoms with Crippen molar-refractivity contribution in [2.45, 2.75) is 37.9 Å². The summed E-state index contributed by atoms with van der Waals surface area (Å²) in [7, 11) is 0. The van der Waals surface area contributed by atoms with Gasteiger partial charge in [0, 0.05) is 24.4 Å². The molecule has 0 bridgehead atoms. The maximum absolute atomic E-state index is 10.9. The first-order chi connectivity index (χ1) is 8.99. The Kier molecular flexibility index (Phi) is 2.84. The van der Waals surface area contributed by atoms with Crippen LogP contribution in [-0.2, 0) is 10.3 Å². The van der Waals surface area contributed by atoms with E-state index in [0.717, 1.165) is 16.5 Å². The molecule has 3 rings (SSSR count). The second kappa shape index (κ2) is 4.29. The summed E-state index contributed by atoms with van der Waals surface area (Å²) in [5.41, 5.74) is 0.771. The highest BCUT2D eigenvalue weighted by Crippen LogP contribution is 2.39. The van der Waals surface area contributed by atoms with E-state index in [0.29, 0.717) is 19.4 Å². The Morgan fingerprint density at radius 2 is 2.11 bits per heavy atom. The summed E-state index contributed by atoms with van der Waals surface area (Å²) in [5.74, 6) is 0. The van der Waals surface area contributed by atoms with Crippen LogP contribution in [0.5, 0.6) is 0 Å². The van der Waals surface area contributed by atoms with Crippen LogP contribution in [0.1, 0.15) is 32.3 Å². The molecule has 0 radical (unpaired) electrons. The minimum absolute atomic E-state index is 0.286. The van der Waals surface area contributed by atoms with E-state index in [1.807, 2.05) is 44.2 Å². The van der Waals surface area contributed by atoms with E-state index < -0.39 is 5.60 Å². The number of hydrogen-bond acceptors (Lipinski definition) is 3. The van der Waals surface area contributed by atoms with Crippen molar-refractivity contribution in [2.75, 3.05) is 6.61 Å². The van der Waals surface area contributed by atoms with Crippen molar-refractivity contribution >= 4 is 10.9 Å². The molecule has 1 N–H and O–H groups in total. The molecular weight excluding hydrogens is 238 g/mol. The molecule has 100 valence electrons. The fraction of sp³-hybridized carbons (Fsp3) is 0.438. The van der Waals surface area contributed by atoms with E-state index in [4.69, 9.17) is 4.74 Å². The number of benzene rings is 1. The Morgan fingerprint density at radius 1 is 1.26 bits per heavy atom. The quantitative estimate of drug-likeness (QED) is 0.854. The lowest BCUT2D eigenvalue weighted by atomic mass is 9.79. The summed E-state index contributed by atoms with van der Waals surface area (Å²) in [6.07, 6.45) is 3.02. The molecule has 19 heavy (non-hydrogen) atoms. The predicted molar refractivity (Wildman–Crippen MR) is 74.9 cm³/mol. The third-order valence-electron chi connectivity index (χ3n) is 3.87. The van der Waals surface area contributed by atoms with Gasteiger partial charge in [0.1, 0.15) is 0 Å². The molecule has 0 amide bonds. The van der Waals surface area contributed by atoms with E-state index in [1.54, 1.807) is 6.20 Å². The first-order valence-electron chi connectivity index (χ1n) is 6.70. The molecule has 2 aromatic rings. The van der Waals surface area contributed by atoms with Crippen molar-refractivity contribution in [1.29, 1.82) is 0 Å². The zero-order valence-corrected chi connectivity index (χ0v) is 11.4. The van der Waals surface area contributed by atoms with Gasteiger partial charge in [0.25, 0.3) is 0 Å². The third-order valence-corrected chi connectivity index (χ3v) is 3.87. The van der Waals surface area contributed by atoms with Gasteiger partial charge < -0.3 is 9.84 Å². The average molecular weight is 257 g/mol. The number of rotatable bonds is 1. The monoisotopic (exact) mass is 257 g/mol. The number of pyridine rings is 1. The number of fused-ring (bicyclic) bond motifs is 1. The Labute approximate surface area is 113 Å². The van der Waals surface area contributed by atoms with Crippen LogP contribution in [0.25, 0.3) is 10.9 Å². The topological polar surface area (TPSA) is 42.4 Å². The number of hydrogen-bond donors (Lipinski definition) is 1. The van der Waals surface area contributed by atoms with Gasteiger partial charge in [-0.15, -0.1) is 0 Å². The lowest BCUT2D eigenvalue weighted by molar-refractivity contribution is -0.148. The average Bonchev–Trinajstić information content (AvgIpc) is 2.36. The number of nitrogens with zero attached hydrogens (tertiary/aromatic N) is 1. The molecule has 3 heteroatoms. The molecule has 1 atom stereocenters. The molecule has 0 saturated carbocycles. The van der Waals surface area contributed by atoms with E-state index >= 15 is 0 Å². The van der Waals surface area contributed by atoms with Crippen LogP contribution in [0.3, 0.4) is 0 Å². The number of aliphatic hydroxyl groups is 1. The molecule has 1 aromatic heterocycles. The molecule has 1 aromatic carbocycles. The summed E-state index contributed by atoms with van der Waals surface area (Å²) in [6.45, 7) is 4.64. The molecule has 2 heterocycles. The van der Waals surface area contributed by atoms with Crippen LogP contribution in [0.4, 0.5) is 0 Å². The summed E-state index contributed by atoms with van der Waals surface area (Å²) in [6, 6.07) is 9.98. The zero-order chi connectivity index (χ0) is 13.5. The van der Waals surface area contributed by atoms with Crippen LogP contribution in [0.2, 0.25) is 0 Å². The van der Waals surface area contributed by atoms with Gasteiger partial charge in [-0.25, -0.2) is 0 Å². The van der Waals surface area contributed by atoms with Gasteiger partial charge in [-0.3, -0.25) is 4.98 Å². The smallest absolute Gasteiger partial charge is 0.0946 e. The van der Waals surface area contributed by atoms with Gasteiger partial charge in [-0.1, -0.05) is 18.2 Å². The second-order valence-corrected chi connectivity index (χ2v) is 5.98. The van der Waals surface area contributed by atoms with Gasteiger partial charge in [0.05, 0.1) is 23.3 Å². The molecule has 1 saturated heterocycles. The van der Waals surface area contributed by atoms with Crippen LogP contribution in [0, 0.1) is 0 Å². The van der Waals surface area contributed by atoms with Crippen molar-refractivity contribution in [2.24, 2.45) is 0 Å². The van der Waals surface area contributed by atoms with Gasteiger partial charge in [0.15, 0.2) is 0 Å². The molecule has 1 unspecified atom stereocenters. The fourth-order valence-electron chi connectivity index (χ4n) is 2.94. The molecule has 0 aliphatic carbocycles. The minimum Gasteiger partial charge on any atom is -0.385 e. The highest BCUT2D eigenvalue weighted by atomic mass is 16.5. The molecule has 1 aliphatic heterocycles. The summed E-state index contributed by atoms with van der Waals surface area (Å²) < 4.78 is 5.69.